The van der Waals surface area contributed by atoms with Crippen LogP contribution < -0.4 is 10.1 Å². The fourth-order valence-corrected chi connectivity index (χ4v) is 5.33. The molecule has 0 radical (unpaired) electrons. The molecule has 0 atom stereocenters. The third-order valence-corrected chi connectivity index (χ3v) is 7.51. The first-order chi connectivity index (χ1) is 18.1. The van der Waals surface area contributed by atoms with Gasteiger partial charge in [-0.2, -0.15) is 10.2 Å². The van der Waals surface area contributed by atoms with Crippen LogP contribution in [0.1, 0.15) is 53.2 Å². The van der Waals surface area contributed by atoms with E-state index in [1.54, 1.807) is 25.6 Å². The van der Waals surface area contributed by atoms with E-state index in [1.165, 1.54) is 0 Å². The smallest absolute Gasteiger partial charge is 0.255 e. The Labute approximate surface area is 214 Å². The van der Waals surface area contributed by atoms with Gasteiger partial charge in [0.2, 0.25) is 5.95 Å². The Hall–Kier alpha value is -3.75. The van der Waals surface area contributed by atoms with E-state index in [1.807, 2.05) is 4.90 Å². The number of carbonyl (C=O) groups excluding carboxylic acids is 1. The summed E-state index contributed by atoms with van der Waals surface area (Å²) in [7, 11) is 1.55. The summed E-state index contributed by atoms with van der Waals surface area (Å²) in [6.07, 6.45) is 7.26. The zero-order valence-corrected chi connectivity index (χ0v) is 20.9. The van der Waals surface area contributed by atoms with Gasteiger partial charge >= 0.3 is 0 Å². The van der Waals surface area contributed by atoms with Crippen molar-refractivity contribution in [3.8, 4) is 11.8 Å². The van der Waals surface area contributed by atoms with Crippen LogP contribution in [0.25, 0.3) is 11.0 Å². The standard InChI is InChI=1S/C26H30N8O3/c1-36-20-12-17(25(35)34-6-4-19(5-7-34)33-8-10-37-11-9-33)14-28-23(20)31-26-30-22(16-2-3-16)21-18(13-27)15-29-24(21)32-26/h12,14-16,19H,2-11H2,1H3,(H2,28,29,30,31,32). The maximum atomic E-state index is 13.2. The van der Waals surface area contributed by atoms with E-state index >= 15 is 0 Å². The number of hydrogen-bond acceptors (Lipinski definition) is 9. The van der Waals surface area contributed by atoms with Gasteiger partial charge in [0.1, 0.15) is 11.7 Å². The van der Waals surface area contributed by atoms with Crippen molar-refractivity contribution in [1.29, 1.82) is 5.26 Å². The SMILES string of the molecule is COc1cc(C(=O)N2CCC(N3CCOCC3)CC2)cnc1Nc1nc(C2CC2)c2c(C#N)c[nH]c2n1. The molecule has 1 amide bonds. The van der Waals surface area contributed by atoms with E-state index in [4.69, 9.17) is 14.5 Å². The number of morpholine rings is 1. The lowest BCUT2D eigenvalue weighted by Crippen LogP contribution is -2.50. The summed E-state index contributed by atoms with van der Waals surface area (Å²) in [4.78, 5) is 34.5. The highest BCUT2D eigenvalue weighted by atomic mass is 16.5. The molecule has 2 saturated heterocycles. The maximum Gasteiger partial charge on any atom is 0.255 e. The quantitative estimate of drug-likeness (QED) is 0.522. The summed E-state index contributed by atoms with van der Waals surface area (Å²) in [6, 6.07) is 4.44. The number of hydrogen-bond donors (Lipinski definition) is 2. The number of aromatic amines is 1. The van der Waals surface area contributed by atoms with Crippen LogP contribution in [0.2, 0.25) is 0 Å². The van der Waals surface area contributed by atoms with Crippen LogP contribution in [0.5, 0.6) is 5.75 Å². The van der Waals surface area contributed by atoms with Crippen LogP contribution in [-0.2, 0) is 4.74 Å². The van der Waals surface area contributed by atoms with Crippen molar-refractivity contribution >= 4 is 28.7 Å². The van der Waals surface area contributed by atoms with Crippen molar-refractivity contribution < 1.29 is 14.3 Å². The molecule has 0 aromatic carbocycles. The summed E-state index contributed by atoms with van der Waals surface area (Å²) in [5, 5.41) is 13.4. The lowest BCUT2D eigenvalue weighted by Gasteiger charge is -2.40. The fourth-order valence-electron chi connectivity index (χ4n) is 5.33. The van der Waals surface area contributed by atoms with Gasteiger partial charge < -0.3 is 24.7 Å². The van der Waals surface area contributed by atoms with Gasteiger partial charge in [-0.1, -0.05) is 0 Å². The van der Waals surface area contributed by atoms with Gasteiger partial charge in [-0.25, -0.2) is 9.97 Å². The number of rotatable bonds is 6. The number of pyridine rings is 1. The number of H-pyrrole nitrogens is 1. The molecule has 192 valence electrons. The lowest BCUT2D eigenvalue weighted by molar-refractivity contribution is 0.00158. The van der Waals surface area contributed by atoms with E-state index in [-0.39, 0.29) is 5.91 Å². The Morgan fingerprint density at radius 1 is 1.19 bits per heavy atom. The van der Waals surface area contributed by atoms with Crippen LogP contribution in [-0.4, -0.2) is 88.2 Å². The Balaban J connectivity index is 1.17. The summed E-state index contributed by atoms with van der Waals surface area (Å²) in [5.41, 5.74) is 2.53. The van der Waals surface area contributed by atoms with Crippen LogP contribution in [0.15, 0.2) is 18.5 Å². The largest absolute Gasteiger partial charge is 0.493 e. The molecule has 3 aromatic rings. The van der Waals surface area contributed by atoms with Crippen molar-refractivity contribution in [3.05, 3.63) is 35.3 Å². The van der Waals surface area contributed by atoms with Crippen molar-refractivity contribution in [3.63, 3.8) is 0 Å². The van der Waals surface area contributed by atoms with Crippen LogP contribution in [0, 0.1) is 11.3 Å². The first-order valence-electron chi connectivity index (χ1n) is 12.9. The van der Waals surface area contributed by atoms with Crippen molar-refractivity contribution in [2.24, 2.45) is 0 Å². The van der Waals surface area contributed by atoms with Crippen molar-refractivity contribution in [2.45, 2.75) is 37.6 Å². The van der Waals surface area contributed by atoms with E-state index in [2.05, 4.69) is 31.2 Å². The van der Waals surface area contributed by atoms with Crippen LogP contribution in [0.3, 0.4) is 0 Å². The van der Waals surface area contributed by atoms with Crippen molar-refractivity contribution in [2.75, 3.05) is 51.8 Å². The third-order valence-electron chi connectivity index (χ3n) is 7.51. The number of methoxy groups -OCH3 is 1. The second kappa shape index (κ2) is 9.95. The molecule has 3 aliphatic rings. The molecule has 0 unspecified atom stereocenters. The molecule has 0 bridgehead atoms. The highest BCUT2D eigenvalue weighted by Gasteiger charge is 2.31. The molecular formula is C26H30N8O3. The highest BCUT2D eigenvalue weighted by Crippen LogP contribution is 2.43. The van der Waals surface area contributed by atoms with Gasteiger partial charge in [-0.05, 0) is 31.7 Å². The summed E-state index contributed by atoms with van der Waals surface area (Å²) in [5.74, 6) is 1.53. The minimum Gasteiger partial charge on any atom is -0.493 e. The summed E-state index contributed by atoms with van der Waals surface area (Å²) < 4.78 is 11.0. The molecule has 3 aromatic heterocycles. The molecule has 2 aliphatic heterocycles. The number of fused-ring (bicyclic) bond motifs is 1. The molecule has 3 fully saturated rings. The molecule has 1 saturated carbocycles. The van der Waals surface area contributed by atoms with Gasteiger partial charge in [-0.15, -0.1) is 0 Å². The highest BCUT2D eigenvalue weighted by molar-refractivity contribution is 5.95. The van der Waals surface area contributed by atoms with E-state index in [0.717, 1.165) is 76.2 Å². The van der Waals surface area contributed by atoms with Crippen molar-refractivity contribution in [1.82, 2.24) is 29.7 Å². The van der Waals surface area contributed by atoms with Crippen LogP contribution in [0.4, 0.5) is 11.8 Å². The number of nitriles is 1. The average Bonchev–Trinajstić information content (AvgIpc) is 3.72. The first-order valence-corrected chi connectivity index (χ1v) is 12.9. The Bertz CT molecular complexity index is 1350. The molecule has 6 rings (SSSR count). The van der Waals surface area contributed by atoms with Gasteiger partial charge in [0.15, 0.2) is 11.6 Å². The Kier molecular flexibility index (Phi) is 6.36. The topological polar surface area (TPSA) is 132 Å². The summed E-state index contributed by atoms with van der Waals surface area (Å²) >= 11 is 0. The Morgan fingerprint density at radius 2 is 1.97 bits per heavy atom. The third kappa shape index (κ3) is 4.70. The molecule has 1 aliphatic carbocycles. The van der Waals surface area contributed by atoms with Gasteiger partial charge in [-0.3, -0.25) is 9.69 Å². The first kappa shape index (κ1) is 23.6. The number of nitrogens with one attached hydrogen (secondary N) is 2. The molecule has 11 nitrogen and oxygen atoms in total. The number of likely N-dealkylation sites (tertiary alicyclic amines) is 1. The van der Waals surface area contributed by atoms with Gasteiger partial charge in [0, 0.05) is 50.5 Å². The molecule has 2 N–H and O–H groups in total. The zero-order valence-electron chi connectivity index (χ0n) is 20.9. The number of nitrogens with zero attached hydrogens (tertiary/aromatic N) is 6. The predicted octanol–water partition coefficient (Wildman–Crippen LogP) is 2.79. The second-order valence-electron chi connectivity index (χ2n) is 9.82. The molecule has 37 heavy (non-hydrogen) atoms. The van der Waals surface area contributed by atoms with Gasteiger partial charge in [0.05, 0.1) is 42.5 Å². The minimum atomic E-state index is -0.0399. The minimum absolute atomic E-state index is 0.0399. The maximum absolute atomic E-state index is 13.2. The summed E-state index contributed by atoms with van der Waals surface area (Å²) in [6.45, 7) is 4.96. The van der Waals surface area contributed by atoms with Crippen LogP contribution >= 0.6 is 0 Å². The number of piperidine rings is 1. The number of ether oxygens (including phenoxy) is 2. The van der Waals surface area contributed by atoms with Gasteiger partial charge in [0.25, 0.3) is 5.91 Å². The van der Waals surface area contributed by atoms with E-state index in [0.29, 0.717) is 46.2 Å². The van der Waals surface area contributed by atoms with E-state index < -0.39 is 0 Å². The van der Waals surface area contributed by atoms with E-state index in [9.17, 15) is 10.1 Å². The lowest BCUT2D eigenvalue weighted by atomic mass is 10.0. The number of anilines is 2. The average molecular weight is 503 g/mol. The monoisotopic (exact) mass is 502 g/mol. The second-order valence-corrected chi connectivity index (χ2v) is 9.82. The zero-order chi connectivity index (χ0) is 25.4. The molecule has 0 spiro atoms. The number of carbonyl (C=O) groups is 1. The number of amides is 1. The molecule has 11 heteroatoms. The molecule has 5 heterocycles. The fraction of sp³-hybridized carbons (Fsp3) is 0.500. The Morgan fingerprint density at radius 3 is 2.68 bits per heavy atom. The predicted molar refractivity (Wildman–Crippen MR) is 136 cm³/mol. The normalized spacial score (nSPS) is 19.1. The number of aromatic nitrogens is 4. The molecular weight excluding hydrogens is 472 g/mol.